The first kappa shape index (κ1) is 16.4. The second kappa shape index (κ2) is 7.89. The Kier molecular flexibility index (Phi) is 5.63. The molecule has 5 nitrogen and oxygen atoms in total. The third kappa shape index (κ3) is 4.51. The summed E-state index contributed by atoms with van der Waals surface area (Å²) < 4.78 is 16.5. The Balaban J connectivity index is 2.30. The summed E-state index contributed by atoms with van der Waals surface area (Å²) in [5, 5.41) is 8.75. The average molecular weight is 314 g/mol. The molecular formula is C18H18O5. The van der Waals surface area contributed by atoms with Crippen LogP contribution < -0.4 is 14.2 Å². The minimum absolute atomic E-state index is 0.368. The van der Waals surface area contributed by atoms with Gasteiger partial charge in [-0.05, 0) is 29.3 Å². The van der Waals surface area contributed by atoms with Crippen LogP contribution >= 0.6 is 0 Å². The highest BCUT2D eigenvalue weighted by molar-refractivity contribution is 5.85. The molecule has 0 saturated heterocycles. The molecule has 0 atom stereocenters. The maximum absolute atomic E-state index is 10.7. The van der Waals surface area contributed by atoms with Crippen LogP contribution in [0.3, 0.4) is 0 Å². The van der Waals surface area contributed by atoms with Gasteiger partial charge in [0.15, 0.2) is 11.5 Å². The fourth-order valence-electron chi connectivity index (χ4n) is 2.06. The smallest absolute Gasteiger partial charge is 0.328 e. The molecule has 120 valence electrons. The van der Waals surface area contributed by atoms with Crippen molar-refractivity contribution < 1.29 is 24.1 Å². The Bertz CT molecular complexity index is 692. The standard InChI is InChI=1S/C18H18O5/c1-21-15-10-14(8-9-17(19)20)11-16(18(15)22-2)23-12-13-6-4-3-5-7-13/h3-11H,12H2,1-2H3,(H,19,20)/b9-8+. The number of ether oxygens (including phenoxy) is 3. The van der Waals surface area contributed by atoms with Crippen LogP contribution in [0.2, 0.25) is 0 Å². The van der Waals surface area contributed by atoms with Crippen molar-refractivity contribution in [3.8, 4) is 17.2 Å². The van der Waals surface area contributed by atoms with Gasteiger partial charge in [0.1, 0.15) is 6.61 Å². The highest BCUT2D eigenvalue weighted by Gasteiger charge is 2.13. The summed E-state index contributed by atoms with van der Waals surface area (Å²) in [5.41, 5.74) is 1.66. The van der Waals surface area contributed by atoms with E-state index in [0.717, 1.165) is 11.6 Å². The molecular weight excluding hydrogens is 296 g/mol. The highest BCUT2D eigenvalue weighted by atomic mass is 16.5. The second-order valence-electron chi connectivity index (χ2n) is 4.70. The van der Waals surface area contributed by atoms with E-state index in [2.05, 4.69) is 0 Å². The van der Waals surface area contributed by atoms with Crippen LogP contribution in [0.25, 0.3) is 6.08 Å². The normalized spacial score (nSPS) is 10.5. The van der Waals surface area contributed by atoms with Gasteiger partial charge >= 0.3 is 5.97 Å². The fourth-order valence-corrected chi connectivity index (χ4v) is 2.06. The van der Waals surface area contributed by atoms with Crippen LogP contribution in [-0.2, 0) is 11.4 Å². The molecule has 0 saturated carbocycles. The van der Waals surface area contributed by atoms with E-state index in [1.54, 1.807) is 12.1 Å². The first-order valence-electron chi connectivity index (χ1n) is 6.97. The Morgan fingerprint density at radius 3 is 2.39 bits per heavy atom. The number of hydrogen-bond donors (Lipinski definition) is 1. The molecule has 0 aliphatic carbocycles. The highest BCUT2D eigenvalue weighted by Crippen LogP contribution is 2.39. The van der Waals surface area contributed by atoms with Crippen LogP contribution in [0.4, 0.5) is 0 Å². The lowest BCUT2D eigenvalue weighted by atomic mass is 10.1. The zero-order valence-electron chi connectivity index (χ0n) is 13.0. The van der Waals surface area contributed by atoms with E-state index in [4.69, 9.17) is 19.3 Å². The first-order valence-corrected chi connectivity index (χ1v) is 6.97. The number of carboxylic acids is 1. The number of methoxy groups -OCH3 is 2. The van der Waals surface area contributed by atoms with E-state index in [1.165, 1.54) is 20.3 Å². The molecule has 0 aliphatic heterocycles. The summed E-state index contributed by atoms with van der Waals surface area (Å²) in [4.78, 5) is 10.7. The van der Waals surface area contributed by atoms with Gasteiger partial charge in [0.2, 0.25) is 5.75 Å². The van der Waals surface area contributed by atoms with Crippen molar-refractivity contribution in [1.82, 2.24) is 0 Å². The summed E-state index contributed by atoms with van der Waals surface area (Å²) in [6.45, 7) is 0.368. The average Bonchev–Trinajstić information content (AvgIpc) is 2.58. The van der Waals surface area contributed by atoms with Crippen molar-refractivity contribution in [2.75, 3.05) is 14.2 Å². The van der Waals surface area contributed by atoms with Gasteiger partial charge in [0.05, 0.1) is 14.2 Å². The lowest BCUT2D eigenvalue weighted by molar-refractivity contribution is -0.131. The van der Waals surface area contributed by atoms with Gasteiger partial charge in [-0.1, -0.05) is 30.3 Å². The van der Waals surface area contributed by atoms with Crippen LogP contribution in [0, 0.1) is 0 Å². The van der Waals surface area contributed by atoms with Gasteiger partial charge in [0, 0.05) is 6.08 Å². The molecule has 0 radical (unpaired) electrons. The van der Waals surface area contributed by atoms with Gasteiger partial charge in [-0.2, -0.15) is 0 Å². The van der Waals surface area contributed by atoms with Gasteiger partial charge in [-0.25, -0.2) is 4.79 Å². The number of carboxylic acid groups (broad SMARTS) is 1. The molecule has 1 N–H and O–H groups in total. The van der Waals surface area contributed by atoms with Gasteiger partial charge in [0.25, 0.3) is 0 Å². The van der Waals surface area contributed by atoms with Gasteiger partial charge in [-0.3, -0.25) is 0 Å². The fraction of sp³-hybridized carbons (Fsp3) is 0.167. The van der Waals surface area contributed by atoms with Crippen molar-refractivity contribution in [3.63, 3.8) is 0 Å². The van der Waals surface area contributed by atoms with Crippen LogP contribution in [0.5, 0.6) is 17.2 Å². The molecule has 0 bridgehead atoms. The Hall–Kier alpha value is -2.95. The quantitative estimate of drug-likeness (QED) is 0.794. The van der Waals surface area contributed by atoms with E-state index < -0.39 is 5.97 Å². The maximum Gasteiger partial charge on any atom is 0.328 e. The number of benzene rings is 2. The minimum atomic E-state index is -1.02. The summed E-state index contributed by atoms with van der Waals surface area (Å²) in [7, 11) is 3.05. The Morgan fingerprint density at radius 2 is 1.78 bits per heavy atom. The third-order valence-corrected chi connectivity index (χ3v) is 3.12. The van der Waals surface area contributed by atoms with E-state index in [-0.39, 0.29) is 0 Å². The zero-order valence-corrected chi connectivity index (χ0v) is 13.0. The lowest BCUT2D eigenvalue weighted by Crippen LogP contribution is -2.00. The topological polar surface area (TPSA) is 65.0 Å². The largest absolute Gasteiger partial charge is 0.493 e. The summed E-state index contributed by atoms with van der Waals surface area (Å²) in [6, 6.07) is 13.1. The van der Waals surface area contributed by atoms with Crippen LogP contribution in [0.15, 0.2) is 48.5 Å². The molecule has 0 heterocycles. The summed E-state index contributed by atoms with van der Waals surface area (Å²) in [6.07, 6.45) is 2.53. The molecule has 0 aromatic heterocycles. The first-order chi connectivity index (χ1) is 11.1. The van der Waals surface area contributed by atoms with E-state index >= 15 is 0 Å². The Labute approximate surface area is 134 Å². The molecule has 0 spiro atoms. The maximum atomic E-state index is 10.7. The van der Waals surface area contributed by atoms with Gasteiger partial charge in [-0.15, -0.1) is 0 Å². The number of carbonyl (C=O) groups is 1. The van der Waals surface area contributed by atoms with Crippen molar-refractivity contribution in [2.45, 2.75) is 6.61 Å². The summed E-state index contributed by atoms with van der Waals surface area (Å²) >= 11 is 0. The van der Waals surface area contributed by atoms with E-state index in [1.807, 2.05) is 30.3 Å². The minimum Gasteiger partial charge on any atom is -0.493 e. The number of hydrogen-bond acceptors (Lipinski definition) is 4. The van der Waals surface area contributed by atoms with Gasteiger partial charge < -0.3 is 19.3 Å². The molecule has 2 aromatic carbocycles. The molecule has 0 fully saturated rings. The van der Waals surface area contributed by atoms with Crippen molar-refractivity contribution in [3.05, 3.63) is 59.7 Å². The zero-order chi connectivity index (χ0) is 16.7. The van der Waals surface area contributed by atoms with Crippen molar-refractivity contribution in [2.24, 2.45) is 0 Å². The molecule has 23 heavy (non-hydrogen) atoms. The van der Waals surface area contributed by atoms with E-state index in [9.17, 15) is 4.79 Å². The summed E-state index contributed by atoms with van der Waals surface area (Å²) in [5.74, 6) is 0.409. The molecule has 0 unspecified atom stereocenters. The second-order valence-corrected chi connectivity index (χ2v) is 4.70. The molecule has 2 aromatic rings. The van der Waals surface area contributed by atoms with E-state index in [0.29, 0.717) is 29.4 Å². The SMILES string of the molecule is COc1cc(/C=C/C(=O)O)cc(OCc2ccccc2)c1OC. The number of aliphatic carboxylic acids is 1. The predicted octanol–water partition coefficient (Wildman–Crippen LogP) is 3.38. The monoisotopic (exact) mass is 314 g/mol. The lowest BCUT2D eigenvalue weighted by Gasteiger charge is -2.15. The third-order valence-electron chi connectivity index (χ3n) is 3.12. The predicted molar refractivity (Wildman–Crippen MR) is 87.0 cm³/mol. The molecule has 0 aliphatic rings. The number of rotatable bonds is 7. The van der Waals surface area contributed by atoms with Crippen LogP contribution in [-0.4, -0.2) is 25.3 Å². The van der Waals surface area contributed by atoms with Crippen molar-refractivity contribution in [1.29, 1.82) is 0 Å². The molecule has 0 amide bonds. The molecule has 2 rings (SSSR count). The Morgan fingerprint density at radius 1 is 1.09 bits per heavy atom. The van der Waals surface area contributed by atoms with Crippen LogP contribution in [0.1, 0.15) is 11.1 Å². The molecule has 5 heteroatoms. The van der Waals surface area contributed by atoms with Crippen molar-refractivity contribution >= 4 is 12.0 Å².